The van der Waals surface area contributed by atoms with Crippen molar-refractivity contribution in [3.8, 4) is 6.07 Å². The molecule has 0 spiro atoms. The molecule has 1 aromatic heterocycles. The van der Waals surface area contributed by atoms with Gasteiger partial charge in [-0.05, 0) is 28.1 Å². The Kier molecular flexibility index (Phi) is 4.28. The molecule has 1 rings (SSSR count). The fourth-order valence-corrected chi connectivity index (χ4v) is 4.31. The fraction of sp³-hybridized carbons (Fsp3) is 0.375. The van der Waals surface area contributed by atoms with Gasteiger partial charge in [0.1, 0.15) is 4.21 Å². The highest BCUT2D eigenvalue weighted by atomic mass is 79.9. The lowest BCUT2D eigenvalue weighted by Gasteiger charge is -2.13. The van der Waals surface area contributed by atoms with Gasteiger partial charge in [-0.25, -0.2) is 8.42 Å². The highest BCUT2D eigenvalue weighted by Crippen LogP contribution is 2.27. The van der Waals surface area contributed by atoms with Crippen LogP contribution in [0.15, 0.2) is 20.1 Å². The molecule has 0 aromatic carbocycles. The standard InChI is InChI=1S/C8H9BrN2O2S2/c1-11(6-2-5-10)15(12,13)8-4-3-7(9)14-8/h3-4H,2,6H2,1H3. The van der Waals surface area contributed by atoms with Gasteiger partial charge >= 0.3 is 0 Å². The van der Waals surface area contributed by atoms with E-state index in [9.17, 15) is 8.42 Å². The molecule has 0 atom stereocenters. The van der Waals surface area contributed by atoms with Crippen molar-refractivity contribution in [1.29, 1.82) is 5.26 Å². The van der Waals surface area contributed by atoms with Gasteiger partial charge in [0.2, 0.25) is 0 Å². The molecule has 1 heterocycles. The van der Waals surface area contributed by atoms with Crippen molar-refractivity contribution in [2.45, 2.75) is 10.6 Å². The molecular formula is C8H9BrN2O2S2. The largest absolute Gasteiger partial charge is 0.252 e. The molecule has 0 fully saturated rings. The van der Waals surface area contributed by atoms with Gasteiger partial charge < -0.3 is 0 Å². The van der Waals surface area contributed by atoms with E-state index in [0.29, 0.717) is 0 Å². The van der Waals surface area contributed by atoms with Gasteiger partial charge in [0, 0.05) is 20.0 Å². The number of sulfonamides is 1. The van der Waals surface area contributed by atoms with Crippen molar-refractivity contribution < 1.29 is 8.42 Å². The van der Waals surface area contributed by atoms with Crippen LogP contribution in [0.4, 0.5) is 0 Å². The van der Waals surface area contributed by atoms with Crippen LogP contribution in [0.5, 0.6) is 0 Å². The van der Waals surface area contributed by atoms with E-state index in [4.69, 9.17) is 5.26 Å². The fourth-order valence-electron chi connectivity index (χ4n) is 0.918. The molecule has 82 valence electrons. The van der Waals surface area contributed by atoms with Crippen molar-refractivity contribution in [1.82, 2.24) is 4.31 Å². The van der Waals surface area contributed by atoms with Gasteiger partial charge in [0.05, 0.1) is 9.86 Å². The molecule has 15 heavy (non-hydrogen) atoms. The first-order valence-corrected chi connectivity index (χ1v) is 7.12. The number of nitrogens with zero attached hydrogens (tertiary/aromatic N) is 2. The number of thiophene rings is 1. The zero-order valence-corrected chi connectivity index (χ0v) is 11.2. The van der Waals surface area contributed by atoms with Crippen LogP contribution in [0.25, 0.3) is 0 Å². The monoisotopic (exact) mass is 308 g/mol. The second kappa shape index (κ2) is 5.07. The van der Waals surface area contributed by atoms with E-state index in [2.05, 4.69) is 15.9 Å². The van der Waals surface area contributed by atoms with Crippen molar-refractivity contribution >= 4 is 37.3 Å². The van der Waals surface area contributed by atoms with Crippen LogP contribution in [0, 0.1) is 11.3 Å². The van der Waals surface area contributed by atoms with E-state index in [-0.39, 0.29) is 17.2 Å². The smallest absolute Gasteiger partial charge is 0.206 e. The average molecular weight is 309 g/mol. The van der Waals surface area contributed by atoms with Crippen molar-refractivity contribution in [2.24, 2.45) is 0 Å². The van der Waals surface area contributed by atoms with Crippen LogP contribution < -0.4 is 0 Å². The summed E-state index contributed by atoms with van der Waals surface area (Å²) < 4.78 is 26.0. The molecular weight excluding hydrogens is 300 g/mol. The topological polar surface area (TPSA) is 61.2 Å². The summed E-state index contributed by atoms with van der Waals surface area (Å²) in [6.07, 6.45) is 0.197. The summed E-state index contributed by atoms with van der Waals surface area (Å²) in [5, 5.41) is 8.38. The normalized spacial score (nSPS) is 11.6. The van der Waals surface area contributed by atoms with Crippen LogP contribution in [-0.2, 0) is 10.0 Å². The van der Waals surface area contributed by atoms with E-state index in [1.807, 2.05) is 6.07 Å². The molecule has 4 nitrogen and oxygen atoms in total. The Morgan fingerprint density at radius 2 is 2.27 bits per heavy atom. The third kappa shape index (κ3) is 3.01. The second-order valence-electron chi connectivity index (χ2n) is 2.79. The van der Waals surface area contributed by atoms with Crippen LogP contribution in [0.2, 0.25) is 0 Å². The quantitative estimate of drug-likeness (QED) is 0.855. The molecule has 0 saturated heterocycles. The number of rotatable bonds is 4. The maximum Gasteiger partial charge on any atom is 0.252 e. The van der Waals surface area contributed by atoms with Gasteiger partial charge in [-0.3, -0.25) is 0 Å². The molecule has 0 amide bonds. The number of hydrogen-bond acceptors (Lipinski definition) is 4. The molecule has 1 aromatic rings. The minimum atomic E-state index is -3.42. The summed E-state index contributed by atoms with van der Waals surface area (Å²) in [4.78, 5) is 0. The summed E-state index contributed by atoms with van der Waals surface area (Å²) in [6.45, 7) is 0.217. The minimum Gasteiger partial charge on any atom is -0.206 e. The van der Waals surface area contributed by atoms with E-state index in [1.165, 1.54) is 11.4 Å². The predicted molar refractivity (Wildman–Crippen MR) is 62.1 cm³/mol. The Morgan fingerprint density at radius 1 is 1.60 bits per heavy atom. The molecule has 0 aliphatic carbocycles. The van der Waals surface area contributed by atoms with Crippen LogP contribution >= 0.6 is 27.3 Å². The van der Waals surface area contributed by atoms with Crippen molar-refractivity contribution in [3.05, 3.63) is 15.9 Å². The summed E-state index contributed by atoms with van der Waals surface area (Å²) in [6, 6.07) is 5.15. The SMILES string of the molecule is CN(CCC#N)S(=O)(=O)c1ccc(Br)s1. The van der Waals surface area contributed by atoms with Crippen molar-refractivity contribution in [3.63, 3.8) is 0 Å². The minimum absolute atomic E-state index is 0.197. The Balaban J connectivity index is 2.89. The van der Waals surface area contributed by atoms with Crippen LogP contribution in [0.1, 0.15) is 6.42 Å². The molecule has 7 heteroatoms. The molecule has 0 unspecified atom stereocenters. The molecule has 0 saturated carbocycles. The zero-order chi connectivity index (χ0) is 11.5. The van der Waals surface area contributed by atoms with Crippen LogP contribution in [0.3, 0.4) is 0 Å². The van der Waals surface area contributed by atoms with E-state index in [0.717, 1.165) is 15.1 Å². The summed E-state index contributed by atoms with van der Waals surface area (Å²) >= 11 is 4.37. The van der Waals surface area contributed by atoms with Gasteiger partial charge in [0.25, 0.3) is 10.0 Å². The lowest BCUT2D eigenvalue weighted by molar-refractivity contribution is 0.478. The first-order chi connectivity index (χ1) is 6.98. The molecule has 0 N–H and O–H groups in total. The first-order valence-electron chi connectivity index (χ1n) is 4.07. The van der Waals surface area contributed by atoms with Gasteiger partial charge in [-0.15, -0.1) is 11.3 Å². The molecule has 0 aliphatic rings. The lowest BCUT2D eigenvalue weighted by atomic mass is 10.5. The van der Waals surface area contributed by atoms with Crippen LogP contribution in [-0.4, -0.2) is 26.3 Å². The highest BCUT2D eigenvalue weighted by Gasteiger charge is 2.21. The predicted octanol–water partition coefficient (Wildman–Crippen LogP) is 2.04. The van der Waals surface area contributed by atoms with Gasteiger partial charge in [-0.1, -0.05) is 0 Å². The third-order valence-electron chi connectivity index (χ3n) is 1.75. The Morgan fingerprint density at radius 3 is 2.73 bits per heavy atom. The number of hydrogen-bond donors (Lipinski definition) is 0. The lowest BCUT2D eigenvalue weighted by Crippen LogP contribution is -2.27. The molecule has 0 bridgehead atoms. The van der Waals surface area contributed by atoms with E-state index in [1.54, 1.807) is 12.1 Å². The van der Waals surface area contributed by atoms with Crippen molar-refractivity contribution in [2.75, 3.05) is 13.6 Å². The Bertz CT molecular complexity index is 475. The third-order valence-corrected chi connectivity index (χ3v) is 5.70. The Hall–Kier alpha value is -0.420. The highest BCUT2D eigenvalue weighted by molar-refractivity contribution is 9.11. The molecule has 0 aliphatic heterocycles. The molecule has 0 radical (unpaired) electrons. The zero-order valence-electron chi connectivity index (χ0n) is 7.97. The second-order valence-corrected chi connectivity index (χ2v) is 7.53. The summed E-state index contributed by atoms with van der Waals surface area (Å²) in [5.41, 5.74) is 0. The van der Waals surface area contributed by atoms with Gasteiger partial charge in [0.15, 0.2) is 0 Å². The summed E-state index contributed by atoms with van der Waals surface area (Å²) in [5.74, 6) is 0. The Labute approximate surface area is 101 Å². The van der Waals surface area contributed by atoms with Gasteiger partial charge in [-0.2, -0.15) is 9.57 Å². The first kappa shape index (κ1) is 12.6. The maximum atomic E-state index is 11.9. The van der Waals surface area contributed by atoms with E-state index >= 15 is 0 Å². The number of nitriles is 1. The summed E-state index contributed by atoms with van der Waals surface area (Å²) in [7, 11) is -1.95. The maximum absolute atomic E-state index is 11.9. The average Bonchev–Trinajstić information content (AvgIpc) is 2.61. The van der Waals surface area contributed by atoms with E-state index < -0.39 is 10.0 Å². The number of halogens is 1.